The van der Waals surface area contributed by atoms with Crippen LogP contribution in [-0.2, 0) is 14.3 Å². The van der Waals surface area contributed by atoms with Crippen LogP contribution in [0.3, 0.4) is 0 Å². The third kappa shape index (κ3) is 6.25. The number of hydrogen-bond acceptors (Lipinski definition) is 6. The topological polar surface area (TPSA) is 97.2 Å². The predicted octanol–water partition coefficient (Wildman–Crippen LogP) is 4.55. The highest BCUT2D eigenvalue weighted by molar-refractivity contribution is 6.35. The van der Waals surface area contributed by atoms with Gasteiger partial charge in [-0.3, -0.25) is 9.59 Å². The van der Waals surface area contributed by atoms with Crippen molar-refractivity contribution in [2.45, 2.75) is 13.1 Å². The summed E-state index contributed by atoms with van der Waals surface area (Å²) in [4.78, 5) is 36.5. The van der Waals surface area contributed by atoms with Gasteiger partial charge < -0.3 is 10.1 Å². The average molecular weight is 457 g/mol. The van der Waals surface area contributed by atoms with Crippen molar-refractivity contribution in [3.05, 3.63) is 63.6 Å². The fourth-order valence-electron chi connectivity index (χ4n) is 2.23. The SMILES string of the molecule is CCOC(=O)C(N=Nc1ccc(Cl)cc1C(=O)c1ccccc1Cl)NC(=O)CCl. The largest absolute Gasteiger partial charge is 0.463 e. The van der Waals surface area contributed by atoms with Crippen molar-refractivity contribution in [2.24, 2.45) is 10.2 Å². The number of carbonyl (C=O) groups is 3. The molecule has 10 heteroatoms. The zero-order valence-electron chi connectivity index (χ0n) is 15.2. The molecule has 0 aliphatic rings. The monoisotopic (exact) mass is 455 g/mol. The lowest BCUT2D eigenvalue weighted by molar-refractivity contribution is -0.147. The lowest BCUT2D eigenvalue weighted by atomic mass is 10.0. The summed E-state index contributed by atoms with van der Waals surface area (Å²) in [6, 6.07) is 10.9. The highest BCUT2D eigenvalue weighted by Gasteiger charge is 2.22. The summed E-state index contributed by atoms with van der Waals surface area (Å²) < 4.78 is 4.86. The lowest BCUT2D eigenvalue weighted by Gasteiger charge is -2.12. The van der Waals surface area contributed by atoms with Gasteiger partial charge in [0.2, 0.25) is 12.1 Å². The Morgan fingerprint density at radius 1 is 1.10 bits per heavy atom. The van der Waals surface area contributed by atoms with Gasteiger partial charge in [0, 0.05) is 10.6 Å². The number of ether oxygens (including phenoxy) is 1. The summed E-state index contributed by atoms with van der Waals surface area (Å²) in [5.41, 5.74) is 0.514. The van der Waals surface area contributed by atoms with E-state index in [-0.39, 0.29) is 34.3 Å². The van der Waals surface area contributed by atoms with Crippen LogP contribution in [0.4, 0.5) is 5.69 Å². The third-order valence-electron chi connectivity index (χ3n) is 3.53. The highest BCUT2D eigenvalue weighted by atomic mass is 35.5. The molecule has 2 aromatic carbocycles. The van der Waals surface area contributed by atoms with E-state index >= 15 is 0 Å². The van der Waals surface area contributed by atoms with Crippen LogP contribution in [0.15, 0.2) is 52.7 Å². The number of rotatable bonds is 8. The zero-order chi connectivity index (χ0) is 21.4. The number of hydrogen-bond donors (Lipinski definition) is 1. The number of alkyl halides is 1. The van der Waals surface area contributed by atoms with E-state index in [0.29, 0.717) is 5.02 Å². The quantitative estimate of drug-likeness (QED) is 0.273. The molecule has 2 rings (SSSR count). The van der Waals surface area contributed by atoms with E-state index in [2.05, 4.69) is 15.5 Å². The van der Waals surface area contributed by atoms with Gasteiger partial charge in [0.15, 0.2) is 5.78 Å². The maximum absolute atomic E-state index is 12.9. The van der Waals surface area contributed by atoms with E-state index in [9.17, 15) is 14.4 Å². The Morgan fingerprint density at radius 2 is 1.83 bits per heavy atom. The summed E-state index contributed by atoms with van der Waals surface area (Å²) in [6.45, 7) is 1.69. The van der Waals surface area contributed by atoms with Crippen molar-refractivity contribution in [3.8, 4) is 0 Å². The molecule has 0 saturated heterocycles. The van der Waals surface area contributed by atoms with Crippen LogP contribution in [-0.4, -0.2) is 36.3 Å². The molecule has 0 radical (unpaired) electrons. The fraction of sp³-hybridized carbons (Fsp3) is 0.211. The number of azo groups is 1. The van der Waals surface area contributed by atoms with Crippen molar-refractivity contribution in [1.82, 2.24) is 5.32 Å². The fourth-order valence-corrected chi connectivity index (χ4v) is 2.71. The molecule has 1 N–H and O–H groups in total. The van der Waals surface area contributed by atoms with Crippen LogP contribution >= 0.6 is 34.8 Å². The first-order chi connectivity index (χ1) is 13.9. The Labute approximate surface area is 182 Å². The first-order valence-corrected chi connectivity index (χ1v) is 9.68. The summed E-state index contributed by atoms with van der Waals surface area (Å²) >= 11 is 17.6. The maximum Gasteiger partial charge on any atom is 0.353 e. The molecule has 1 atom stereocenters. The van der Waals surface area contributed by atoms with Crippen LogP contribution in [0.5, 0.6) is 0 Å². The minimum absolute atomic E-state index is 0.0821. The van der Waals surface area contributed by atoms with Gasteiger partial charge in [-0.15, -0.1) is 11.6 Å². The molecule has 0 aliphatic carbocycles. The van der Waals surface area contributed by atoms with Gasteiger partial charge in [0.25, 0.3) is 0 Å². The molecule has 7 nitrogen and oxygen atoms in total. The van der Waals surface area contributed by atoms with E-state index < -0.39 is 23.8 Å². The molecule has 1 unspecified atom stereocenters. The second-order valence-electron chi connectivity index (χ2n) is 5.54. The Hall–Kier alpha value is -2.48. The molecule has 1 amide bonds. The van der Waals surface area contributed by atoms with E-state index in [4.69, 9.17) is 39.5 Å². The minimum atomic E-state index is -1.42. The number of halogens is 3. The number of benzene rings is 2. The average Bonchev–Trinajstić information content (AvgIpc) is 2.71. The minimum Gasteiger partial charge on any atom is -0.463 e. The molecule has 0 fully saturated rings. The van der Waals surface area contributed by atoms with Gasteiger partial charge in [0.05, 0.1) is 22.9 Å². The highest BCUT2D eigenvalue weighted by Crippen LogP contribution is 2.28. The number of carbonyl (C=O) groups excluding carboxylic acids is 3. The van der Waals surface area contributed by atoms with Gasteiger partial charge in [-0.05, 0) is 37.3 Å². The third-order valence-corrected chi connectivity index (χ3v) is 4.34. The summed E-state index contributed by atoms with van der Waals surface area (Å²) in [5.74, 6) is -2.25. The molecule has 0 bridgehead atoms. The van der Waals surface area contributed by atoms with Crippen LogP contribution in [0.25, 0.3) is 0 Å². The first-order valence-electron chi connectivity index (χ1n) is 8.39. The smallest absolute Gasteiger partial charge is 0.353 e. The van der Waals surface area contributed by atoms with Crippen LogP contribution in [0.2, 0.25) is 10.0 Å². The van der Waals surface area contributed by atoms with Crippen molar-refractivity contribution in [1.29, 1.82) is 0 Å². The molecule has 0 spiro atoms. The summed E-state index contributed by atoms with van der Waals surface area (Å²) in [5, 5.41) is 10.6. The Kier molecular flexibility index (Phi) is 8.57. The van der Waals surface area contributed by atoms with Crippen LogP contribution < -0.4 is 5.32 Å². The molecule has 0 heterocycles. The van der Waals surface area contributed by atoms with Crippen molar-refractivity contribution in [2.75, 3.05) is 12.5 Å². The molecular weight excluding hydrogens is 441 g/mol. The molecular formula is C19H16Cl3N3O4. The normalized spacial score (nSPS) is 11.9. The van der Waals surface area contributed by atoms with Gasteiger partial charge in [-0.1, -0.05) is 35.3 Å². The molecule has 0 saturated carbocycles. The second-order valence-corrected chi connectivity index (χ2v) is 6.65. The van der Waals surface area contributed by atoms with E-state index in [1.54, 1.807) is 31.2 Å². The number of nitrogens with one attached hydrogen (secondary N) is 1. The van der Waals surface area contributed by atoms with Crippen LogP contribution in [0, 0.1) is 0 Å². The van der Waals surface area contributed by atoms with Crippen molar-refractivity contribution < 1.29 is 19.1 Å². The van der Waals surface area contributed by atoms with Gasteiger partial charge in [-0.25, -0.2) is 4.79 Å². The standard InChI is InChI=1S/C19H16Cl3N3O4/c1-2-29-19(28)18(23-16(26)10-20)25-24-15-8-7-11(21)9-13(15)17(27)12-5-3-4-6-14(12)22/h3-9,18H,2,10H2,1H3,(H,23,26). The number of amides is 1. The zero-order valence-corrected chi connectivity index (χ0v) is 17.5. The molecule has 0 aliphatic heterocycles. The first kappa shape index (κ1) is 22.8. The Bertz CT molecular complexity index is 950. The molecule has 152 valence electrons. The van der Waals surface area contributed by atoms with E-state index in [1.807, 2.05) is 0 Å². The molecule has 29 heavy (non-hydrogen) atoms. The van der Waals surface area contributed by atoms with E-state index in [1.165, 1.54) is 18.2 Å². The van der Waals surface area contributed by atoms with Gasteiger partial charge >= 0.3 is 5.97 Å². The van der Waals surface area contributed by atoms with Crippen molar-refractivity contribution >= 4 is 58.1 Å². The molecule has 0 aromatic heterocycles. The Morgan fingerprint density at radius 3 is 2.48 bits per heavy atom. The number of ketones is 1. The van der Waals surface area contributed by atoms with Crippen molar-refractivity contribution in [3.63, 3.8) is 0 Å². The van der Waals surface area contributed by atoms with Crippen LogP contribution in [0.1, 0.15) is 22.8 Å². The van der Waals surface area contributed by atoms with E-state index in [0.717, 1.165) is 0 Å². The summed E-state index contributed by atoms with van der Waals surface area (Å²) in [7, 11) is 0. The molecule has 2 aromatic rings. The summed E-state index contributed by atoms with van der Waals surface area (Å²) in [6.07, 6.45) is -1.42. The number of esters is 1. The second kappa shape index (κ2) is 10.9. The van der Waals surface area contributed by atoms with Gasteiger partial charge in [0.1, 0.15) is 5.88 Å². The maximum atomic E-state index is 12.9. The predicted molar refractivity (Wildman–Crippen MR) is 110 cm³/mol. The lowest BCUT2D eigenvalue weighted by Crippen LogP contribution is -2.40. The number of nitrogens with zero attached hydrogens (tertiary/aromatic N) is 2. The Balaban J connectivity index is 2.40. The van der Waals surface area contributed by atoms with Gasteiger partial charge in [-0.2, -0.15) is 10.2 Å².